The molecule has 0 radical (unpaired) electrons. The first kappa shape index (κ1) is 11.2. The average Bonchev–Trinajstić information content (AvgIpc) is 2.72. The van der Waals surface area contributed by atoms with Gasteiger partial charge in [0.25, 0.3) is 5.91 Å². The van der Waals surface area contributed by atoms with Gasteiger partial charge in [0.2, 0.25) is 5.95 Å². The van der Waals surface area contributed by atoms with Crippen LogP contribution in [0, 0.1) is 5.95 Å². The van der Waals surface area contributed by atoms with E-state index in [0.29, 0.717) is 5.82 Å². The molecule has 0 aliphatic rings. The summed E-state index contributed by atoms with van der Waals surface area (Å²) in [6.45, 7) is 0.216. The summed E-state index contributed by atoms with van der Waals surface area (Å²) in [5.41, 5.74) is 0.0344. The van der Waals surface area contributed by atoms with E-state index in [1.165, 1.54) is 24.5 Å². The Hall–Kier alpha value is -2.31. The Kier molecular flexibility index (Phi) is 3.08. The quantitative estimate of drug-likeness (QED) is 0.775. The van der Waals surface area contributed by atoms with Gasteiger partial charge in [0.15, 0.2) is 5.82 Å². The molecule has 17 heavy (non-hydrogen) atoms. The highest BCUT2D eigenvalue weighted by Crippen LogP contribution is 1.98. The molecule has 0 saturated heterocycles. The molecule has 0 unspecified atom stereocenters. The molecular weight excluding hydrogens is 225 g/mol. The zero-order chi connectivity index (χ0) is 12.3. The minimum Gasteiger partial charge on any atom is -0.343 e. The van der Waals surface area contributed by atoms with Crippen molar-refractivity contribution < 1.29 is 9.18 Å². The zero-order valence-electron chi connectivity index (χ0n) is 9.09. The molecule has 88 valence electrons. The molecule has 2 aromatic rings. The van der Waals surface area contributed by atoms with Gasteiger partial charge in [-0.1, -0.05) is 6.07 Å². The SMILES string of the molecule is Cn1cnnc1CNC(=O)c1cccc(F)n1. The van der Waals surface area contributed by atoms with Crippen LogP contribution in [0.2, 0.25) is 0 Å². The van der Waals surface area contributed by atoms with Crippen molar-refractivity contribution in [3.05, 3.63) is 42.0 Å². The van der Waals surface area contributed by atoms with E-state index in [-0.39, 0.29) is 12.2 Å². The van der Waals surface area contributed by atoms with E-state index in [1.807, 2.05) is 0 Å². The van der Waals surface area contributed by atoms with Crippen LogP contribution in [0.3, 0.4) is 0 Å². The summed E-state index contributed by atoms with van der Waals surface area (Å²) in [6.07, 6.45) is 1.53. The molecule has 2 heterocycles. The van der Waals surface area contributed by atoms with Gasteiger partial charge in [0.05, 0.1) is 6.54 Å². The van der Waals surface area contributed by atoms with Crippen LogP contribution in [0.15, 0.2) is 24.5 Å². The van der Waals surface area contributed by atoms with Crippen LogP contribution in [0.4, 0.5) is 4.39 Å². The minimum absolute atomic E-state index is 0.0344. The van der Waals surface area contributed by atoms with Crippen LogP contribution < -0.4 is 5.32 Å². The number of nitrogens with one attached hydrogen (secondary N) is 1. The molecule has 7 heteroatoms. The van der Waals surface area contributed by atoms with Gasteiger partial charge < -0.3 is 9.88 Å². The predicted molar refractivity (Wildman–Crippen MR) is 56.4 cm³/mol. The third-order valence-corrected chi connectivity index (χ3v) is 2.16. The molecule has 2 rings (SSSR count). The lowest BCUT2D eigenvalue weighted by atomic mass is 10.3. The summed E-state index contributed by atoms with van der Waals surface area (Å²) in [5, 5.41) is 10.1. The third-order valence-electron chi connectivity index (χ3n) is 2.16. The maximum absolute atomic E-state index is 12.8. The van der Waals surface area contributed by atoms with Crippen molar-refractivity contribution in [1.29, 1.82) is 0 Å². The van der Waals surface area contributed by atoms with Crippen LogP contribution in [0.5, 0.6) is 0 Å². The van der Waals surface area contributed by atoms with Gasteiger partial charge >= 0.3 is 0 Å². The first-order chi connectivity index (χ1) is 8.16. The van der Waals surface area contributed by atoms with E-state index in [4.69, 9.17) is 0 Å². The molecule has 0 aliphatic carbocycles. The summed E-state index contributed by atoms with van der Waals surface area (Å²) in [4.78, 5) is 15.1. The molecule has 0 atom stereocenters. The van der Waals surface area contributed by atoms with E-state index in [9.17, 15) is 9.18 Å². The van der Waals surface area contributed by atoms with Gasteiger partial charge in [-0.15, -0.1) is 10.2 Å². The Balaban J connectivity index is 2.01. The molecule has 6 nitrogen and oxygen atoms in total. The normalized spacial score (nSPS) is 10.2. The van der Waals surface area contributed by atoms with Crippen molar-refractivity contribution in [1.82, 2.24) is 25.1 Å². The molecule has 2 aromatic heterocycles. The lowest BCUT2D eigenvalue weighted by molar-refractivity contribution is 0.0943. The van der Waals surface area contributed by atoms with Gasteiger partial charge in [0.1, 0.15) is 12.0 Å². The fraction of sp³-hybridized carbons (Fsp3) is 0.200. The lowest BCUT2D eigenvalue weighted by Gasteiger charge is -2.03. The maximum atomic E-state index is 12.8. The molecule has 0 bridgehead atoms. The van der Waals surface area contributed by atoms with E-state index in [2.05, 4.69) is 20.5 Å². The van der Waals surface area contributed by atoms with Crippen molar-refractivity contribution in [3.8, 4) is 0 Å². The van der Waals surface area contributed by atoms with Crippen molar-refractivity contribution in [2.75, 3.05) is 0 Å². The number of nitrogens with zero attached hydrogens (tertiary/aromatic N) is 4. The number of rotatable bonds is 3. The van der Waals surface area contributed by atoms with Gasteiger partial charge in [-0.2, -0.15) is 4.39 Å². The molecule has 0 spiro atoms. The first-order valence-corrected chi connectivity index (χ1v) is 4.90. The summed E-state index contributed by atoms with van der Waals surface area (Å²) in [5.74, 6) is -0.529. The summed E-state index contributed by atoms with van der Waals surface area (Å²) in [6, 6.07) is 4.05. The number of carbonyl (C=O) groups is 1. The number of aryl methyl sites for hydroxylation is 1. The van der Waals surface area contributed by atoms with Crippen molar-refractivity contribution >= 4 is 5.91 Å². The van der Waals surface area contributed by atoms with Crippen LogP contribution in [-0.2, 0) is 13.6 Å². The standard InChI is InChI=1S/C10H10FN5O/c1-16-6-13-15-9(16)5-12-10(17)7-3-2-4-8(11)14-7/h2-4,6H,5H2,1H3,(H,12,17). The smallest absolute Gasteiger partial charge is 0.270 e. The zero-order valence-corrected chi connectivity index (χ0v) is 9.09. The second-order valence-corrected chi connectivity index (χ2v) is 3.39. The van der Waals surface area contributed by atoms with Gasteiger partial charge in [-0.3, -0.25) is 4.79 Å². The molecule has 1 amide bonds. The topological polar surface area (TPSA) is 72.7 Å². The number of aromatic nitrogens is 4. The van der Waals surface area contributed by atoms with E-state index >= 15 is 0 Å². The number of hydrogen-bond acceptors (Lipinski definition) is 4. The molecule has 0 aromatic carbocycles. The summed E-state index contributed by atoms with van der Waals surface area (Å²) < 4.78 is 14.5. The lowest BCUT2D eigenvalue weighted by Crippen LogP contribution is -2.25. The maximum Gasteiger partial charge on any atom is 0.270 e. The highest BCUT2D eigenvalue weighted by molar-refractivity contribution is 5.92. The molecule has 0 aliphatic heterocycles. The largest absolute Gasteiger partial charge is 0.343 e. The van der Waals surface area contributed by atoms with Crippen LogP contribution in [-0.4, -0.2) is 25.7 Å². The molecule has 0 fully saturated rings. The van der Waals surface area contributed by atoms with Crippen LogP contribution >= 0.6 is 0 Å². The van der Waals surface area contributed by atoms with Crippen LogP contribution in [0.25, 0.3) is 0 Å². The minimum atomic E-state index is -0.684. The van der Waals surface area contributed by atoms with Gasteiger partial charge in [-0.05, 0) is 12.1 Å². The van der Waals surface area contributed by atoms with Gasteiger partial charge in [0, 0.05) is 7.05 Å². The monoisotopic (exact) mass is 235 g/mol. The second-order valence-electron chi connectivity index (χ2n) is 3.39. The van der Waals surface area contributed by atoms with Crippen molar-refractivity contribution in [3.63, 3.8) is 0 Å². The second kappa shape index (κ2) is 4.69. The Morgan fingerprint density at radius 3 is 3.00 bits per heavy atom. The van der Waals surface area contributed by atoms with Crippen molar-refractivity contribution in [2.24, 2.45) is 7.05 Å². The first-order valence-electron chi connectivity index (χ1n) is 4.90. The number of hydrogen-bond donors (Lipinski definition) is 1. The van der Waals surface area contributed by atoms with E-state index < -0.39 is 11.9 Å². The Morgan fingerprint density at radius 1 is 1.53 bits per heavy atom. The molecule has 1 N–H and O–H groups in total. The third kappa shape index (κ3) is 2.63. The molecular formula is C10H10FN5O. The Labute approximate surface area is 96.5 Å². The summed E-state index contributed by atoms with van der Waals surface area (Å²) >= 11 is 0. The van der Waals surface area contributed by atoms with Crippen LogP contribution in [0.1, 0.15) is 16.3 Å². The number of carbonyl (C=O) groups excluding carboxylic acids is 1. The number of amides is 1. The highest BCUT2D eigenvalue weighted by atomic mass is 19.1. The van der Waals surface area contributed by atoms with Crippen molar-refractivity contribution in [2.45, 2.75) is 6.54 Å². The van der Waals surface area contributed by atoms with Gasteiger partial charge in [-0.25, -0.2) is 4.98 Å². The fourth-order valence-corrected chi connectivity index (χ4v) is 1.25. The number of pyridine rings is 1. The summed E-state index contributed by atoms with van der Waals surface area (Å²) in [7, 11) is 1.77. The highest BCUT2D eigenvalue weighted by Gasteiger charge is 2.09. The average molecular weight is 235 g/mol. The number of halogens is 1. The Bertz CT molecular complexity index is 539. The van der Waals surface area contributed by atoms with E-state index in [0.717, 1.165) is 0 Å². The molecule has 0 saturated carbocycles. The Morgan fingerprint density at radius 2 is 2.35 bits per heavy atom. The predicted octanol–water partition coefficient (Wildman–Crippen LogP) is 0.279. The fourth-order valence-electron chi connectivity index (χ4n) is 1.25. The van der Waals surface area contributed by atoms with E-state index in [1.54, 1.807) is 11.6 Å².